The fraction of sp³-hybridized carbons (Fsp3) is 0.364. The van der Waals surface area contributed by atoms with Crippen LogP contribution in [-0.4, -0.2) is 39.7 Å². The summed E-state index contributed by atoms with van der Waals surface area (Å²) >= 11 is 5.88. The number of aromatic nitrogens is 1. The molecule has 2 amide bonds. The van der Waals surface area contributed by atoms with Crippen LogP contribution in [0.3, 0.4) is 0 Å². The number of imide groups is 1. The molecule has 1 saturated heterocycles. The van der Waals surface area contributed by atoms with Gasteiger partial charge in [0.2, 0.25) is 5.91 Å². The second-order valence-corrected chi connectivity index (χ2v) is 4.71. The first-order valence-electron chi connectivity index (χ1n) is 5.77. The number of carbonyl (C=O) groups excluding carboxylic acids is 2. The molecule has 1 unspecified atom stereocenters. The van der Waals surface area contributed by atoms with E-state index in [4.69, 9.17) is 11.6 Å². The van der Waals surface area contributed by atoms with Gasteiger partial charge in [-0.25, -0.2) is 4.98 Å². The third-order valence-electron chi connectivity index (χ3n) is 3.00. The van der Waals surface area contributed by atoms with Crippen molar-refractivity contribution in [3.63, 3.8) is 0 Å². The Morgan fingerprint density at radius 1 is 1.55 bits per heavy atom. The van der Waals surface area contributed by atoms with E-state index >= 15 is 0 Å². The Morgan fingerprint density at radius 2 is 2.25 bits per heavy atom. The zero-order valence-corrected chi connectivity index (χ0v) is 11.3. The number of rotatable bonds is 3. The summed E-state index contributed by atoms with van der Waals surface area (Å²) in [5.74, 6) is -0.438. The summed E-state index contributed by atoms with van der Waals surface area (Å²) in [5, 5.41) is 13.4. The zero-order valence-electron chi connectivity index (χ0n) is 10.5. The van der Waals surface area contributed by atoms with Crippen molar-refractivity contribution in [2.75, 3.05) is 12.4 Å². The molecule has 8 nitrogen and oxygen atoms in total. The largest absolute Gasteiger partial charge is 0.357 e. The molecule has 9 heteroatoms. The molecule has 20 heavy (non-hydrogen) atoms. The Labute approximate surface area is 118 Å². The number of nitro groups is 1. The predicted molar refractivity (Wildman–Crippen MR) is 70.3 cm³/mol. The van der Waals surface area contributed by atoms with Crippen LogP contribution in [0, 0.1) is 10.1 Å². The summed E-state index contributed by atoms with van der Waals surface area (Å²) < 4.78 is 0. The highest BCUT2D eigenvalue weighted by Gasteiger charge is 2.32. The highest BCUT2D eigenvalue weighted by Crippen LogP contribution is 2.26. The first-order chi connectivity index (χ1) is 9.40. The van der Waals surface area contributed by atoms with E-state index in [9.17, 15) is 19.7 Å². The average Bonchev–Trinajstić information content (AvgIpc) is 2.41. The fourth-order valence-corrected chi connectivity index (χ4v) is 2.06. The maximum absolute atomic E-state index is 11.9. The van der Waals surface area contributed by atoms with Crippen molar-refractivity contribution in [2.45, 2.75) is 18.9 Å². The molecule has 0 saturated carbocycles. The number of anilines is 1. The maximum Gasteiger partial charge on any atom is 0.289 e. The Hall–Kier alpha value is -2.22. The number of halogens is 1. The van der Waals surface area contributed by atoms with Gasteiger partial charge in [-0.2, -0.15) is 0 Å². The van der Waals surface area contributed by atoms with Crippen molar-refractivity contribution >= 4 is 34.9 Å². The van der Waals surface area contributed by atoms with Gasteiger partial charge in [-0.15, -0.1) is 0 Å². The molecule has 2 heterocycles. The van der Waals surface area contributed by atoms with Crippen LogP contribution in [0.1, 0.15) is 12.8 Å². The van der Waals surface area contributed by atoms with Gasteiger partial charge in [0.25, 0.3) is 11.6 Å². The van der Waals surface area contributed by atoms with E-state index in [1.807, 2.05) is 0 Å². The van der Waals surface area contributed by atoms with Gasteiger partial charge < -0.3 is 5.32 Å². The van der Waals surface area contributed by atoms with E-state index in [2.05, 4.69) is 10.3 Å². The number of pyridine rings is 1. The molecular formula is C11H11ClN4O4. The van der Waals surface area contributed by atoms with Crippen LogP contribution in [0.4, 0.5) is 11.5 Å². The van der Waals surface area contributed by atoms with Crippen LogP contribution < -0.4 is 5.32 Å². The highest BCUT2D eigenvalue weighted by molar-refractivity contribution is 6.33. The lowest BCUT2D eigenvalue weighted by Gasteiger charge is -2.28. The van der Waals surface area contributed by atoms with Gasteiger partial charge in [0, 0.05) is 19.5 Å². The SMILES string of the molecule is CN1C(=O)CCC(Nc2ncc([N+](=O)[O-])cc2Cl)C1=O. The predicted octanol–water partition coefficient (Wildman–Crippen LogP) is 1.20. The molecule has 1 aromatic heterocycles. The van der Waals surface area contributed by atoms with E-state index in [1.54, 1.807) is 0 Å². The van der Waals surface area contributed by atoms with Crippen molar-refractivity contribution in [3.8, 4) is 0 Å². The van der Waals surface area contributed by atoms with Gasteiger partial charge in [0.05, 0.1) is 9.95 Å². The number of amides is 2. The zero-order chi connectivity index (χ0) is 14.9. The summed E-state index contributed by atoms with van der Waals surface area (Å²) in [6.45, 7) is 0. The van der Waals surface area contributed by atoms with Crippen molar-refractivity contribution in [2.24, 2.45) is 0 Å². The second kappa shape index (κ2) is 5.41. The molecule has 1 fully saturated rings. The van der Waals surface area contributed by atoms with Crippen LogP contribution in [0.25, 0.3) is 0 Å². The Bertz CT molecular complexity index is 592. The highest BCUT2D eigenvalue weighted by atomic mass is 35.5. The molecule has 2 rings (SSSR count). The third kappa shape index (κ3) is 2.69. The molecule has 106 valence electrons. The molecule has 0 radical (unpaired) electrons. The van der Waals surface area contributed by atoms with Gasteiger partial charge in [-0.1, -0.05) is 11.6 Å². The minimum atomic E-state index is -0.621. The number of likely N-dealkylation sites (tertiary alicyclic amines) is 1. The van der Waals surface area contributed by atoms with E-state index in [0.717, 1.165) is 17.2 Å². The number of likely N-dealkylation sites (N-methyl/N-ethyl adjacent to an activating group) is 1. The molecule has 1 aromatic rings. The fourth-order valence-electron chi connectivity index (χ4n) is 1.85. The Balaban J connectivity index is 2.16. The van der Waals surface area contributed by atoms with Crippen molar-refractivity contribution < 1.29 is 14.5 Å². The standard InChI is InChI=1S/C11H11ClN4O4/c1-15-9(17)3-2-8(11(15)18)14-10-7(12)4-6(5-13-10)16(19)20/h4-5,8H,2-3H2,1H3,(H,13,14). The van der Waals surface area contributed by atoms with Gasteiger partial charge >= 0.3 is 0 Å². The van der Waals surface area contributed by atoms with Gasteiger partial charge in [-0.3, -0.25) is 24.6 Å². The molecule has 1 atom stereocenters. The van der Waals surface area contributed by atoms with Crippen molar-refractivity contribution in [1.82, 2.24) is 9.88 Å². The number of carbonyl (C=O) groups is 2. The lowest BCUT2D eigenvalue weighted by atomic mass is 10.0. The molecule has 1 N–H and O–H groups in total. The molecule has 1 aliphatic rings. The van der Waals surface area contributed by atoms with Crippen LogP contribution in [0.2, 0.25) is 5.02 Å². The molecule has 1 aliphatic heterocycles. The van der Waals surface area contributed by atoms with E-state index in [1.165, 1.54) is 7.05 Å². The minimum Gasteiger partial charge on any atom is -0.357 e. The summed E-state index contributed by atoms with van der Waals surface area (Å²) in [5.41, 5.74) is -0.234. The number of hydrogen-bond acceptors (Lipinski definition) is 6. The van der Waals surface area contributed by atoms with Gasteiger partial charge in [-0.05, 0) is 6.42 Å². The quantitative estimate of drug-likeness (QED) is 0.510. The lowest BCUT2D eigenvalue weighted by Crippen LogP contribution is -2.48. The molecular weight excluding hydrogens is 288 g/mol. The smallest absolute Gasteiger partial charge is 0.289 e. The first kappa shape index (κ1) is 14.2. The summed E-state index contributed by atoms with van der Waals surface area (Å²) in [6, 6.07) is 0.531. The maximum atomic E-state index is 11.9. The summed E-state index contributed by atoms with van der Waals surface area (Å²) in [6.07, 6.45) is 1.62. The third-order valence-corrected chi connectivity index (χ3v) is 3.29. The van der Waals surface area contributed by atoms with E-state index < -0.39 is 11.0 Å². The van der Waals surface area contributed by atoms with Gasteiger partial charge in [0.1, 0.15) is 18.1 Å². The van der Waals surface area contributed by atoms with Crippen LogP contribution in [0.5, 0.6) is 0 Å². The van der Waals surface area contributed by atoms with Crippen molar-refractivity contribution in [3.05, 3.63) is 27.4 Å². The molecule has 0 aromatic carbocycles. The molecule has 0 bridgehead atoms. The minimum absolute atomic E-state index is 0.0477. The lowest BCUT2D eigenvalue weighted by molar-refractivity contribution is -0.385. The summed E-state index contributed by atoms with van der Waals surface area (Å²) in [7, 11) is 1.41. The Kier molecular flexibility index (Phi) is 3.84. The normalized spacial score (nSPS) is 19.1. The number of piperidine rings is 1. The molecule has 0 spiro atoms. The van der Waals surface area contributed by atoms with Crippen LogP contribution in [0.15, 0.2) is 12.3 Å². The Morgan fingerprint density at radius 3 is 2.85 bits per heavy atom. The van der Waals surface area contributed by atoms with Crippen LogP contribution in [-0.2, 0) is 9.59 Å². The average molecular weight is 299 g/mol. The topological polar surface area (TPSA) is 105 Å². The second-order valence-electron chi connectivity index (χ2n) is 4.31. The van der Waals surface area contributed by atoms with E-state index in [-0.39, 0.29) is 34.8 Å². The van der Waals surface area contributed by atoms with Crippen LogP contribution >= 0.6 is 11.6 Å². The van der Waals surface area contributed by atoms with Crippen molar-refractivity contribution in [1.29, 1.82) is 0 Å². The molecule has 0 aliphatic carbocycles. The number of nitrogens with zero attached hydrogens (tertiary/aromatic N) is 3. The van der Waals surface area contributed by atoms with E-state index in [0.29, 0.717) is 6.42 Å². The number of hydrogen-bond donors (Lipinski definition) is 1. The monoisotopic (exact) mass is 298 g/mol. The first-order valence-corrected chi connectivity index (χ1v) is 6.15. The summed E-state index contributed by atoms with van der Waals surface area (Å²) in [4.78, 5) is 38.1. The number of nitrogens with one attached hydrogen (secondary N) is 1. The van der Waals surface area contributed by atoms with Gasteiger partial charge in [0.15, 0.2) is 0 Å².